The predicted octanol–water partition coefficient (Wildman–Crippen LogP) is 1.10. The van der Waals surface area contributed by atoms with Gasteiger partial charge in [-0.15, -0.1) is 5.10 Å². The molecule has 0 unspecified atom stereocenters. The van der Waals surface area contributed by atoms with E-state index in [4.69, 9.17) is 5.26 Å². The van der Waals surface area contributed by atoms with E-state index in [1.807, 2.05) is 0 Å². The zero-order valence-corrected chi connectivity index (χ0v) is 9.38. The van der Waals surface area contributed by atoms with Crippen LogP contribution >= 0.6 is 0 Å². The Morgan fingerprint density at radius 3 is 2.89 bits per heavy atom. The maximum absolute atomic E-state index is 13.3. The van der Waals surface area contributed by atoms with Crippen LogP contribution in [0.1, 0.15) is 11.4 Å². The van der Waals surface area contributed by atoms with Gasteiger partial charge >= 0.3 is 0 Å². The van der Waals surface area contributed by atoms with Gasteiger partial charge in [0.2, 0.25) is 0 Å². The Bertz CT molecular complexity index is 615. The topological polar surface area (TPSA) is 71.6 Å². The second kappa shape index (κ2) is 5.19. The van der Waals surface area contributed by atoms with Crippen molar-refractivity contribution >= 4 is 5.78 Å². The second-order valence-electron chi connectivity index (χ2n) is 3.68. The standard InChI is InChI=1S/C12H9FN4O/c13-11-4-2-1-3-9(11)5-10(18)7-17-8-15-12(6-14)16-17/h1-4,8H,5,7H2. The minimum absolute atomic E-state index is 0.00554. The van der Waals surface area contributed by atoms with Crippen molar-refractivity contribution in [3.63, 3.8) is 0 Å². The zero-order valence-electron chi connectivity index (χ0n) is 9.38. The molecule has 1 aromatic heterocycles. The number of halogens is 1. The molecule has 0 bridgehead atoms. The first-order chi connectivity index (χ1) is 8.69. The molecular formula is C12H9FN4O. The SMILES string of the molecule is N#Cc1ncn(CC(=O)Cc2ccccc2F)n1. The summed E-state index contributed by atoms with van der Waals surface area (Å²) in [7, 11) is 0. The van der Waals surface area contributed by atoms with Crippen molar-refractivity contribution in [3.05, 3.63) is 47.8 Å². The smallest absolute Gasteiger partial charge is 0.252 e. The van der Waals surface area contributed by atoms with E-state index in [0.717, 1.165) is 0 Å². The molecule has 0 radical (unpaired) electrons. The van der Waals surface area contributed by atoms with Crippen molar-refractivity contribution < 1.29 is 9.18 Å². The Morgan fingerprint density at radius 2 is 2.22 bits per heavy atom. The van der Waals surface area contributed by atoms with Gasteiger partial charge in [0.15, 0.2) is 5.78 Å². The molecule has 0 aliphatic rings. The van der Waals surface area contributed by atoms with Crippen molar-refractivity contribution in [1.29, 1.82) is 5.26 Å². The second-order valence-corrected chi connectivity index (χ2v) is 3.68. The van der Waals surface area contributed by atoms with Crippen LogP contribution in [0.25, 0.3) is 0 Å². The van der Waals surface area contributed by atoms with Crippen molar-refractivity contribution in [1.82, 2.24) is 14.8 Å². The number of rotatable bonds is 4. The van der Waals surface area contributed by atoms with E-state index >= 15 is 0 Å². The molecule has 90 valence electrons. The lowest BCUT2D eigenvalue weighted by atomic mass is 10.1. The lowest BCUT2D eigenvalue weighted by Gasteiger charge is -2.02. The molecular weight excluding hydrogens is 235 g/mol. The molecule has 6 heteroatoms. The highest BCUT2D eigenvalue weighted by molar-refractivity contribution is 5.80. The van der Waals surface area contributed by atoms with Gasteiger partial charge in [0.05, 0.1) is 0 Å². The third-order valence-electron chi connectivity index (χ3n) is 2.32. The molecule has 0 saturated heterocycles. The molecule has 5 nitrogen and oxygen atoms in total. The van der Waals surface area contributed by atoms with Crippen LogP contribution in [-0.4, -0.2) is 20.5 Å². The van der Waals surface area contributed by atoms with Crippen molar-refractivity contribution in [3.8, 4) is 6.07 Å². The fourth-order valence-corrected chi connectivity index (χ4v) is 1.51. The minimum Gasteiger partial charge on any atom is -0.297 e. The van der Waals surface area contributed by atoms with Gasteiger partial charge in [0.1, 0.15) is 24.8 Å². The van der Waals surface area contributed by atoms with Crippen LogP contribution in [0.4, 0.5) is 4.39 Å². The highest BCUT2D eigenvalue weighted by atomic mass is 19.1. The molecule has 0 fully saturated rings. The normalized spacial score (nSPS) is 10.0. The van der Waals surface area contributed by atoms with Crippen LogP contribution in [0.15, 0.2) is 30.6 Å². The molecule has 2 rings (SSSR count). The molecule has 0 amide bonds. The van der Waals surface area contributed by atoms with E-state index in [1.165, 1.54) is 17.1 Å². The third-order valence-corrected chi connectivity index (χ3v) is 2.32. The van der Waals surface area contributed by atoms with Crippen molar-refractivity contribution in [2.24, 2.45) is 0 Å². The quantitative estimate of drug-likeness (QED) is 0.807. The Kier molecular flexibility index (Phi) is 3.44. The molecule has 1 heterocycles. The van der Waals surface area contributed by atoms with Gasteiger partial charge in [-0.1, -0.05) is 18.2 Å². The summed E-state index contributed by atoms with van der Waals surface area (Å²) in [4.78, 5) is 15.4. The van der Waals surface area contributed by atoms with E-state index < -0.39 is 5.82 Å². The van der Waals surface area contributed by atoms with Crippen LogP contribution < -0.4 is 0 Å². The van der Waals surface area contributed by atoms with Crippen molar-refractivity contribution in [2.75, 3.05) is 0 Å². The van der Waals surface area contributed by atoms with Crippen LogP contribution in [0, 0.1) is 17.1 Å². The molecule has 0 saturated carbocycles. The molecule has 0 N–H and O–H groups in total. The number of hydrogen-bond donors (Lipinski definition) is 0. The number of carbonyl (C=O) groups excluding carboxylic acids is 1. The van der Waals surface area contributed by atoms with E-state index in [2.05, 4.69) is 10.1 Å². The van der Waals surface area contributed by atoms with E-state index in [-0.39, 0.29) is 24.6 Å². The average molecular weight is 244 g/mol. The maximum atomic E-state index is 13.3. The van der Waals surface area contributed by atoms with Gasteiger partial charge in [0, 0.05) is 6.42 Å². The lowest BCUT2D eigenvalue weighted by Crippen LogP contribution is -2.13. The van der Waals surface area contributed by atoms with E-state index in [0.29, 0.717) is 5.56 Å². The van der Waals surface area contributed by atoms with E-state index in [1.54, 1.807) is 24.3 Å². The van der Waals surface area contributed by atoms with Gasteiger partial charge in [-0.2, -0.15) is 5.26 Å². The Labute approximate surface area is 102 Å². The summed E-state index contributed by atoms with van der Waals surface area (Å²) in [6.07, 6.45) is 1.30. The molecule has 2 aromatic rings. The summed E-state index contributed by atoms with van der Waals surface area (Å²) in [5.74, 6) is -0.592. The Balaban J connectivity index is 2.01. The highest BCUT2D eigenvalue weighted by Crippen LogP contribution is 2.07. The van der Waals surface area contributed by atoms with Gasteiger partial charge < -0.3 is 0 Å². The summed E-state index contributed by atoms with van der Waals surface area (Å²) in [6.45, 7) is -0.0248. The molecule has 0 atom stereocenters. The number of nitriles is 1. The van der Waals surface area contributed by atoms with Crippen LogP contribution in [0.5, 0.6) is 0 Å². The number of Topliss-reactive ketones (excluding diaryl/α,β-unsaturated/α-hetero) is 1. The van der Waals surface area contributed by atoms with Crippen molar-refractivity contribution in [2.45, 2.75) is 13.0 Å². The lowest BCUT2D eigenvalue weighted by molar-refractivity contribution is -0.119. The minimum atomic E-state index is -0.401. The molecule has 0 aliphatic carbocycles. The number of benzene rings is 1. The summed E-state index contributed by atoms with van der Waals surface area (Å²) >= 11 is 0. The third kappa shape index (κ3) is 2.77. The summed E-state index contributed by atoms with van der Waals surface area (Å²) in [5.41, 5.74) is 0.350. The maximum Gasteiger partial charge on any atom is 0.252 e. The summed E-state index contributed by atoms with van der Waals surface area (Å²) in [5, 5.41) is 12.3. The van der Waals surface area contributed by atoms with Crippen LogP contribution in [-0.2, 0) is 17.8 Å². The molecule has 0 aliphatic heterocycles. The average Bonchev–Trinajstić information content (AvgIpc) is 2.80. The summed E-state index contributed by atoms with van der Waals surface area (Å²) < 4.78 is 14.6. The first kappa shape index (κ1) is 11.9. The fraction of sp³-hybridized carbons (Fsp3) is 0.167. The number of carbonyl (C=O) groups is 1. The first-order valence-electron chi connectivity index (χ1n) is 5.23. The molecule has 1 aromatic carbocycles. The van der Waals surface area contributed by atoms with Gasteiger partial charge in [-0.3, -0.25) is 4.79 Å². The Morgan fingerprint density at radius 1 is 1.44 bits per heavy atom. The van der Waals surface area contributed by atoms with Gasteiger partial charge in [-0.05, 0) is 11.6 Å². The fourth-order valence-electron chi connectivity index (χ4n) is 1.51. The molecule has 18 heavy (non-hydrogen) atoms. The number of ketones is 1. The number of hydrogen-bond acceptors (Lipinski definition) is 4. The monoisotopic (exact) mass is 244 g/mol. The van der Waals surface area contributed by atoms with Gasteiger partial charge in [0.25, 0.3) is 5.82 Å². The van der Waals surface area contributed by atoms with Gasteiger partial charge in [-0.25, -0.2) is 14.1 Å². The molecule has 0 spiro atoms. The van der Waals surface area contributed by atoms with Crippen LogP contribution in [0.3, 0.4) is 0 Å². The van der Waals surface area contributed by atoms with E-state index in [9.17, 15) is 9.18 Å². The summed E-state index contributed by atoms with van der Waals surface area (Å²) in [6, 6.07) is 7.89. The zero-order chi connectivity index (χ0) is 13.0. The number of nitrogens with zero attached hydrogens (tertiary/aromatic N) is 4. The largest absolute Gasteiger partial charge is 0.297 e. The Hall–Kier alpha value is -2.55. The number of aromatic nitrogens is 3. The predicted molar refractivity (Wildman–Crippen MR) is 59.8 cm³/mol. The van der Waals surface area contributed by atoms with Crippen LogP contribution in [0.2, 0.25) is 0 Å². The highest BCUT2D eigenvalue weighted by Gasteiger charge is 2.09. The first-order valence-corrected chi connectivity index (χ1v) is 5.23.